The summed E-state index contributed by atoms with van der Waals surface area (Å²) in [5.41, 5.74) is 3.52. The number of epoxide rings is 1. The van der Waals surface area contributed by atoms with Crippen molar-refractivity contribution in [1.29, 1.82) is 0 Å². The van der Waals surface area contributed by atoms with Crippen LogP contribution in [0.1, 0.15) is 59.8 Å². The molecule has 4 heteroatoms. The maximum absolute atomic E-state index is 11.6. The van der Waals surface area contributed by atoms with Gasteiger partial charge in [0.25, 0.3) is 0 Å². The molecule has 0 aliphatic carbocycles. The molecule has 1 fully saturated rings. The topological polar surface area (TPSA) is 59.1 Å². The third-order valence-corrected chi connectivity index (χ3v) is 4.88. The molecule has 0 saturated carbocycles. The summed E-state index contributed by atoms with van der Waals surface area (Å²) in [6.45, 7) is 6.09. The maximum Gasteiger partial charge on any atom is 0.163 e. The lowest BCUT2D eigenvalue weighted by atomic mass is 10.0. The standard InChI is InChI=1S/C24H28O4/c1-4-8-20-21(13-12-19(17(3)25)23(20)26)27-14-6-5-11-22-24(28-22)18-10-7-9-16(2)15-18/h5,7,9-13,15,22,24,26H,4,6,8,14H2,1-3H3/b11-5-/t22-,24-/m1/s1. The van der Waals surface area contributed by atoms with Crippen LogP contribution in [-0.2, 0) is 11.2 Å². The molecule has 1 N–H and O–H groups in total. The number of ketones is 1. The molecular formula is C24H28O4. The zero-order chi connectivity index (χ0) is 20.1. The number of hydrogen-bond acceptors (Lipinski definition) is 4. The van der Waals surface area contributed by atoms with Crippen molar-refractivity contribution in [1.82, 2.24) is 0 Å². The highest BCUT2D eigenvalue weighted by atomic mass is 16.6. The zero-order valence-corrected chi connectivity index (χ0v) is 16.8. The van der Waals surface area contributed by atoms with Crippen LogP contribution in [0, 0.1) is 6.92 Å². The number of rotatable bonds is 9. The van der Waals surface area contributed by atoms with E-state index in [0.717, 1.165) is 12.8 Å². The molecule has 1 aliphatic rings. The maximum atomic E-state index is 11.6. The van der Waals surface area contributed by atoms with Crippen molar-refractivity contribution in [2.45, 2.75) is 52.2 Å². The van der Waals surface area contributed by atoms with E-state index in [4.69, 9.17) is 9.47 Å². The van der Waals surface area contributed by atoms with Gasteiger partial charge in [0.05, 0.1) is 12.2 Å². The van der Waals surface area contributed by atoms with E-state index in [1.807, 2.05) is 6.92 Å². The van der Waals surface area contributed by atoms with Crippen LogP contribution in [0.25, 0.3) is 0 Å². The van der Waals surface area contributed by atoms with E-state index < -0.39 is 0 Å². The summed E-state index contributed by atoms with van der Waals surface area (Å²) in [4.78, 5) is 11.6. The Morgan fingerprint density at radius 3 is 2.82 bits per heavy atom. The molecule has 0 aromatic heterocycles. The first kappa shape index (κ1) is 20.2. The van der Waals surface area contributed by atoms with E-state index in [1.165, 1.54) is 18.1 Å². The zero-order valence-electron chi connectivity index (χ0n) is 16.8. The van der Waals surface area contributed by atoms with Gasteiger partial charge in [0, 0.05) is 5.56 Å². The monoisotopic (exact) mass is 380 g/mol. The van der Waals surface area contributed by atoms with Gasteiger partial charge in [-0.1, -0.05) is 55.3 Å². The Bertz CT molecular complexity index is 869. The van der Waals surface area contributed by atoms with Gasteiger partial charge in [0.15, 0.2) is 5.78 Å². The van der Waals surface area contributed by atoms with Crippen molar-refractivity contribution in [2.24, 2.45) is 0 Å². The molecule has 148 valence electrons. The van der Waals surface area contributed by atoms with Gasteiger partial charge in [-0.15, -0.1) is 0 Å². The van der Waals surface area contributed by atoms with Gasteiger partial charge < -0.3 is 14.6 Å². The lowest BCUT2D eigenvalue weighted by molar-refractivity contribution is 0.101. The largest absolute Gasteiger partial charge is 0.507 e. The molecular weight excluding hydrogens is 352 g/mol. The first-order chi connectivity index (χ1) is 13.5. The van der Waals surface area contributed by atoms with Crippen molar-refractivity contribution in [2.75, 3.05) is 6.61 Å². The van der Waals surface area contributed by atoms with E-state index in [0.29, 0.717) is 29.9 Å². The second kappa shape index (κ2) is 9.07. The third kappa shape index (κ3) is 4.82. The number of carbonyl (C=O) groups is 1. The van der Waals surface area contributed by atoms with Crippen molar-refractivity contribution < 1.29 is 19.4 Å². The Hall–Kier alpha value is -2.59. The molecule has 4 nitrogen and oxygen atoms in total. The molecule has 1 aliphatic heterocycles. The average Bonchev–Trinajstić information content (AvgIpc) is 3.43. The Kier molecular flexibility index (Phi) is 6.53. The van der Waals surface area contributed by atoms with E-state index in [-0.39, 0.29) is 23.7 Å². The van der Waals surface area contributed by atoms with Crippen LogP contribution >= 0.6 is 0 Å². The van der Waals surface area contributed by atoms with Crippen LogP contribution in [0.15, 0.2) is 48.6 Å². The Morgan fingerprint density at radius 2 is 2.11 bits per heavy atom. The molecule has 28 heavy (non-hydrogen) atoms. The van der Waals surface area contributed by atoms with Crippen molar-refractivity contribution >= 4 is 5.78 Å². The molecule has 2 atom stereocenters. The minimum absolute atomic E-state index is 0.0507. The minimum Gasteiger partial charge on any atom is -0.507 e. The molecule has 0 bridgehead atoms. The summed E-state index contributed by atoms with van der Waals surface area (Å²) in [6.07, 6.45) is 6.74. The number of hydrogen-bond donors (Lipinski definition) is 1. The highest BCUT2D eigenvalue weighted by Crippen LogP contribution is 2.39. The van der Waals surface area contributed by atoms with Crippen LogP contribution in [0.2, 0.25) is 0 Å². The van der Waals surface area contributed by atoms with Crippen LogP contribution in [0.3, 0.4) is 0 Å². The quantitative estimate of drug-likeness (QED) is 0.277. The molecule has 2 aromatic rings. The van der Waals surface area contributed by atoms with Gasteiger partial charge in [-0.25, -0.2) is 0 Å². The molecule has 3 rings (SSSR count). The summed E-state index contributed by atoms with van der Waals surface area (Å²) < 4.78 is 11.6. The normalized spacial score (nSPS) is 18.4. The van der Waals surface area contributed by atoms with Gasteiger partial charge in [0.2, 0.25) is 0 Å². The Balaban J connectivity index is 1.52. The Morgan fingerprint density at radius 1 is 1.29 bits per heavy atom. The van der Waals surface area contributed by atoms with E-state index in [9.17, 15) is 9.90 Å². The fourth-order valence-electron chi connectivity index (χ4n) is 3.38. The summed E-state index contributed by atoms with van der Waals surface area (Å²) in [5, 5.41) is 10.4. The second-order valence-electron chi connectivity index (χ2n) is 7.25. The number of Topliss-reactive ketones (excluding diaryl/α,β-unsaturated/α-hetero) is 1. The smallest absolute Gasteiger partial charge is 0.163 e. The van der Waals surface area contributed by atoms with Crippen LogP contribution in [0.4, 0.5) is 0 Å². The molecule has 2 aromatic carbocycles. The number of phenolic OH excluding ortho intramolecular Hbond substituents is 1. The lowest BCUT2D eigenvalue weighted by Gasteiger charge is -2.14. The van der Waals surface area contributed by atoms with Gasteiger partial charge in [-0.05, 0) is 44.4 Å². The highest BCUT2D eigenvalue weighted by Gasteiger charge is 2.37. The highest BCUT2D eigenvalue weighted by molar-refractivity contribution is 5.97. The lowest BCUT2D eigenvalue weighted by Crippen LogP contribution is -2.03. The second-order valence-corrected chi connectivity index (χ2v) is 7.25. The van der Waals surface area contributed by atoms with Crippen molar-refractivity contribution in [3.63, 3.8) is 0 Å². The van der Waals surface area contributed by atoms with Gasteiger partial charge in [0.1, 0.15) is 23.7 Å². The summed E-state index contributed by atoms with van der Waals surface area (Å²) >= 11 is 0. The number of benzene rings is 2. The number of ether oxygens (including phenoxy) is 2. The molecule has 0 amide bonds. The molecule has 1 saturated heterocycles. The first-order valence-electron chi connectivity index (χ1n) is 9.88. The SMILES string of the molecule is CCCc1c(OCC/C=C\[C@H]2O[C@@H]2c2cccc(C)c2)ccc(C(C)=O)c1O. The molecule has 0 radical (unpaired) electrons. The van der Waals surface area contributed by atoms with Crippen LogP contribution in [-0.4, -0.2) is 23.6 Å². The fourth-order valence-corrected chi connectivity index (χ4v) is 3.38. The Labute approximate surface area is 166 Å². The number of aromatic hydroxyl groups is 1. The van der Waals surface area contributed by atoms with Crippen LogP contribution in [0.5, 0.6) is 11.5 Å². The van der Waals surface area contributed by atoms with Gasteiger partial charge >= 0.3 is 0 Å². The van der Waals surface area contributed by atoms with Crippen LogP contribution < -0.4 is 4.74 Å². The van der Waals surface area contributed by atoms with Gasteiger partial charge in [-0.3, -0.25) is 4.79 Å². The van der Waals surface area contributed by atoms with Gasteiger partial charge in [-0.2, -0.15) is 0 Å². The van der Waals surface area contributed by atoms with Crippen molar-refractivity contribution in [3.8, 4) is 11.5 Å². The summed E-state index contributed by atoms with van der Waals surface area (Å²) in [6, 6.07) is 11.8. The predicted molar refractivity (Wildman–Crippen MR) is 110 cm³/mol. The number of phenols is 1. The summed E-state index contributed by atoms with van der Waals surface area (Å²) in [5.74, 6) is 0.560. The average molecular weight is 380 g/mol. The summed E-state index contributed by atoms with van der Waals surface area (Å²) in [7, 11) is 0. The number of aryl methyl sites for hydroxylation is 1. The third-order valence-electron chi connectivity index (χ3n) is 4.88. The van der Waals surface area contributed by atoms with Crippen molar-refractivity contribution in [3.05, 3.63) is 70.8 Å². The predicted octanol–water partition coefficient (Wildman–Crippen LogP) is 5.32. The molecule has 0 spiro atoms. The van der Waals surface area contributed by atoms with E-state index >= 15 is 0 Å². The number of carbonyl (C=O) groups excluding carboxylic acids is 1. The first-order valence-corrected chi connectivity index (χ1v) is 9.88. The minimum atomic E-state index is -0.142. The molecule has 1 heterocycles. The molecule has 0 unspecified atom stereocenters. The fraction of sp³-hybridized carbons (Fsp3) is 0.375. The van der Waals surface area contributed by atoms with E-state index in [1.54, 1.807) is 12.1 Å². The van der Waals surface area contributed by atoms with E-state index in [2.05, 4.69) is 43.3 Å².